The van der Waals surface area contributed by atoms with Crippen molar-refractivity contribution in [3.05, 3.63) is 12.2 Å². The minimum absolute atomic E-state index is 0.0620. The fourth-order valence-electron chi connectivity index (χ4n) is 1.79. The van der Waals surface area contributed by atoms with Crippen LogP contribution < -0.4 is 0 Å². The zero-order valence-corrected chi connectivity index (χ0v) is 14.5. The van der Waals surface area contributed by atoms with Crippen molar-refractivity contribution in [3.8, 4) is 0 Å². The highest BCUT2D eigenvalue weighted by atomic mass is 31.2. The van der Waals surface area contributed by atoms with Gasteiger partial charge in [0.15, 0.2) is 0 Å². The topological polar surface area (TPSA) is 112 Å². The van der Waals surface area contributed by atoms with Crippen molar-refractivity contribution in [3.63, 3.8) is 0 Å². The second kappa shape index (κ2) is 13.7. The van der Waals surface area contributed by atoms with Gasteiger partial charge in [-0.1, -0.05) is 45.1 Å². The maximum atomic E-state index is 11.1. The standard InChI is InChI=1S/C14H27O8P/c1-13(2)14(15)19-11-9-7-5-3-4-6-8-10-12-20-23(18,21-16)22-17/h16-17H,1,3-12H2,2H3. The van der Waals surface area contributed by atoms with Crippen LogP contribution in [0.15, 0.2) is 12.2 Å². The molecule has 0 aromatic heterocycles. The van der Waals surface area contributed by atoms with Crippen molar-refractivity contribution in [2.24, 2.45) is 0 Å². The highest BCUT2D eigenvalue weighted by Gasteiger charge is 2.26. The molecule has 8 nitrogen and oxygen atoms in total. The third kappa shape index (κ3) is 12.3. The number of phosphoric acid groups is 1. The van der Waals surface area contributed by atoms with Gasteiger partial charge in [-0.3, -0.25) is 4.52 Å². The second-order valence-electron chi connectivity index (χ2n) is 5.19. The molecule has 0 saturated carbocycles. The number of carbonyl (C=O) groups excluding carboxylic acids is 1. The first-order valence-corrected chi connectivity index (χ1v) is 9.15. The number of rotatable bonds is 15. The van der Waals surface area contributed by atoms with Crippen LogP contribution in [0.5, 0.6) is 0 Å². The van der Waals surface area contributed by atoms with Gasteiger partial charge in [-0.15, -0.1) is 9.35 Å². The third-order valence-corrected chi connectivity index (χ3v) is 3.97. The summed E-state index contributed by atoms with van der Waals surface area (Å²) in [6.07, 6.45) is 7.58. The van der Waals surface area contributed by atoms with E-state index >= 15 is 0 Å². The van der Waals surface area contributed by atoms with Gasteiger partial charge < -0.3 is 4.74 Å². The molecule has 0 unspecified atom stereocenters. The molecule has 0 atom stereocenters. The van der Waals surface area contributed by atoms with Gasteiger partial charge in [-0.25, -0.2) is 19.9 Å². The van der Waals surface area contributed by atoms with Crippen LogP contribution in [0.25, 0.3) is 0 Å². The SMILES string of the molecule is C=C(C)C(=O)OCCCCCCCCCCOP(=O)(OO)OO. The summed E-state index contributed by atoms with van der Waals surface area (Å²) >= 11 is 0. The average Bonchev–Trinajstić information content (AvgIpc) is 2.55. The van der Waals surface area contributed by atoms with E-state index < -0.39 is 7.82 Å². The Morgan fingerprint density at radius 2 is 1.35 bits per heavy atom. The quantitative estimate of drug-likeness (QED) is 0.112. The Morgan fingerprint density at radius 1 is 0.913 bits per heavy atom. The first kappa shape index (κ1) is 22.2. The summed E-state index contributed by atoms with van der Waals surface area (Å²) in [5, 5.41) is 16.4. The molecule has 0 aromatic carbocycles. The maximum Gasteiger partial charge on any atom is 0.529 e. The van der Waals surface area contributed by atoms with Crippen LogP contribution in [-0.4, -0.2) is 29.7 Å². The van der Waals surface area contributed by atoms with E-state index in [0.29, 0.717) is 18.6 Å². The van der Waals surface area contributed by atoms with Crippen molar-refractivity contribution in [2.45, 2.75) is 58.3 Å². The van der Waals surface area contributed by atoms with E-state index in [1.807, 2.05) is 0 Å². The molecule has 0 aliphatic heterocycles. The molecule has 0 aliphatic carbocycles. The third-order valence-electron chi connectivity index (χ3n) is 3.07. The van der Waals surface area contributed by atoms with Crippen molar-refractivity contribution in [2.75, 3.05) is 13.2 Å². The summed E-state index contributed by atoms with van der Waals surface area (Å²) in [5.74, 6) is -0.338. The monoisotopic (exact) mass is 354 g/mol. The zero-order chi connectivity index (χ0) is 17.6. The molecular formula is C14H27O8P. The van der Waals surface area contributed by atoms with Gasteiger partial charge in [0.25, 0.3) is 0 Å². The fraction of sp³-hybridized carbons (Fsp3) is 0.786. The van der Waals surface area contributed by atoms with Crippen LogP contribution >= 0.6 is 7.82 Å². The minimum atomic E-state index is -4.20. The van der Waals surface area contributed by atoms with Gasteiger partial charge >= 0.3 is 13.8 Å². The molecule has 23 heavy (non-hydrogen) atoms. The van der Waals surface area contributed by atoms with Crippen LogP contribution in [0.4, 0.5) is 0 Å². The van der Waals surface area contributed by atoms with Crippen molar-refractivity contribution < 1.29 is 38.5 Å². The molecule has 9 heteroatoms. The van der Waals surface area contributed by atoms with Gasteiger partial charge in [0.2, 0.25) is 0 Å². The first-order chi connectivity index (χ1) is 10.9. The Kier molecular flexibility index (Phi) is 13.2. The number of hydrogen-bond donors (Lipinski definition) is 2. The summed E-state index contributed by atoms with van der Waals surface area (Å²) in [5.41, 5.74) is 0.418. The molecule has 0 amide bonds. The number of ether oxygens (including phenoxy) is 1. The van der Waals surface area contributed by atoms with Crippen molar-refractivity contribution in [1.82, 2.24) is 0 Å². The molecule has 0 saturated heterocycles. The summed E-state index contributed by atoms with van der Waals surface area (Å²) in [7, 11) is -4.20. The van der Waals surface area contributed by atoms with Gasteiger partial charge in [-0.05, 0) is 19.8 Å². The van der Waals surface area contributed by atoms with Gasteiger partial charge in [0.1, 0.15) is 0 Å². The lowest BCUT2D eigenvalue weighted by molar-refractivity contribution is -0.228. The normalized spacial score (nSPS) is 11.4. The Balaban J connectivity index is 3.30. The molecule has 136 valence electrons. The largest absolute Gasteiger partial charge is 0.529 e. The van der Waals surface area contributed by atoms with E-state index in [0.717, 1.165) is 44.9 Å². The number of esters is 1. The summed E-state index contributed by atoms with van der Waals surface area (Å²) < 4.78 is 27.5. The fourth-order valence-corrected chi connectivity index (χ4v) is 2.27. The maximum absolute atomic E-state index is 11.1. The molecule has 0 heterocycles. The van der Waals surface area contributed by atoms with Crippen LogP contribution in [0.3, 0.4) is 0 Å². The molecule has 0 rings (SSSR count). The van der Waals surface area contributed by atoms with E-state index in [2.05, 4.69) is 20.5 Å². The predicted octanol–water partition coefficient (Wildman–Crippen LogP) is 4.33. The van der Waals surface area contributed by atoms with Gasteiger partial charge in [0, 0.05) is 5.57 Å². The van der Waals surface area contributed by atoms with Crippen LogP contribution in [0.1, 0.15) is 58.3 Å². The van der Waals surface area contributed by atoms with Crippen LogP contribution in [-0.2, 0) is 28.0 Å². The lowest BCUT2D eigenvalue weighted by Gasteiger charge is -2.09. The Hall–Kier alpha value is -0.760. The molecular weight excluding hydrogens is 327 g/mol. The van der Waals surface area contributed by atoms with E-state index in [9.17, 15) is 9.36 Å². The Morgan fingerprint density at radius 3 is 1.78 bits per heavy atom. The van der Waals surface area contributed by atoms with E-state index in [-0.39, 0.29) is 12.6 Å². The van der Waals surface area contributed by atoms with E-state index in [1.54, 1.807) is 6.92 Å². The average molecular weight is 354 g/mol. The molecule has 0 aliphatic rings. The van der Waals surface area contributed by atoms with Crippen LogP contribution in [0.2, 0.25) is 0 Å². The predicted molar refractivity (Wildman–Crippen MR) is 83.7 cm³/mol. The molecule has 0 bridgehead atoms. The second-order valence-corrected chi connectivity index (χ2v) is 6.67. The smallest absolute Gasteiger partial charge is 0.462 e. The molecule has 0 fully saturated rings. The molecule has 0 spiro atoms. The lowest BCUT2D eigenvalue weighted by atomic mass is 10.1. The Labute approximate surface area is 136 Å². The number of hydrogen-bond acceptors (Lipinski definition) is 8. The molecule has 0 radical (unpaired) electrons. The number of carbonyl (C=O) groups is 1. The minimum Gasteiger partial charge on any atom is -0.462 e. The number of unbranched alkanes of at least 4 members (excludes halogenated alkanes) is 7. The summed E-state index contributed by atoms with van der Waals surface area (Å²) in [6, 6.07) is 0. The molecule has 2 N–H and O–H groups in total. The van der Waals surface area contributed by atoms with Crippen molar-refractivity contribution >= 4 is 13.8 Å². The highest BCUT2D eigenvalue weighted by Crippen LogP contribution is 2.47. The summed E-state index contributed by atoms with van der Waals surface area (Å²) in [6.45, 7) is 5.63. The highest BCUT2D eigenvalue weighted by molar-refractivity contribution is 7.48. The van der Waals surface area contributed by atoms with Crippen LogP contribution in [0, 0.1) is 0 Å². The lowest BCUT2D eigenvalue weighted by Crippen LogP contribution is -2.05. The van der Waals surface area contributed by atoms with E-state index in [4.69, 9.17) is 15.3 Å². The molecule has 0 aromatic rings. The van der Waals surface area contributed by atoms with Gasteiger partial charge in [0.05, 0.1) is 13.2 Å². The first-order valence-electron chi connectivity index (χ1n) is 7.68. The van der Waals surface area contributed by atoms with Crippen molar-refractivity contribution in [1.29, 1.82) is 0 Å². The summed E-state index contributed by atoms with van der Waals surface area (Å²) in [4.78, 5) is 11.1. The van der Waals surface area contributed by atoms with E-state index in [1.165, 1.54) is 0 Å². The Bertz CT molecular complexity index is 377. The zero-order valence-electron chi connectivity index (χ0n) is 13.6. The van der Waals surface area contributed by atoms with Gasteiger partial charge in [-0.2, -0.15) is 0 Å².